The normalized spacial score (nSPS) is 22.4. The summed E-state index contributed by atoms with van der Waals surface area (Å²) in [5.41, 5.74) is 0.654. The molecule has 1 rings (SSSR count). The van der Waals surface area contributed by atoms with Crippen molar-refractivity contribution in [1.82, 2.24) is 5.32 Å². The van der Waals surface area contributed by atoms with Gasteiger partial charge in [0, 0.05) is 19.2 Å². The van der Waals surface area contributed by atoms with Gasteiger partial charge in [0.15, 0.2) is 0 Å². The van der Waals surface area contributed by atoms with Gasteiger partial charge in [-0.1, -0.05) is 53.9 Å². The van der Waals surface area contributed by atoms with Crippen molar-refractivity contribution in [2.75, 3.05) is 19.8 Å². The Labute approximate surface area is 119 Å². The van der Waals surface area contributed by atoms with Crippen LogP contribution in [0, 0.1) is 10.8 Å². The van der Waals surface area contributed by atoms with Crippen LogP contribution in [0.15, 0.2) is 0 Å². The molecule has 1 saturated carbocycles. The predicted molar refractivity (Wildman–Crippen MR) is 80.3 cm³/mol. The molecule has 114 valence electrons. The molecule has 0 aromatic carbocycles. The van der Waals surface area contributed by atoms with Crippen LogP contribution in [-0.4, -0.2) is 37.0 Å². The SMILES string of the molecule is CCCCCCOCC(O)CNC1C(C)(C)C1(C)C. The fourth-order valence-electron chi connectivity index (χ4n) is 2.87. The quantitative estimate of drug-likeness (QED) is 0.600. The molecule has 3 heteroatoms. The highest BCUT2D eigenvalue weighted by Gasteiger charge is 2.64. The number of hydrogen-bond acceptors (Lipinski definition) is 3. The van der Waals surface area contributed by atoms with Crippen molar-refractivity contribution < 1.29 is 9.84 Å². The first-order chi connectivity index (χ1) is 8.84. The van der Waals surface area contributed by atoms with Gasteiger partial charge in [0.25, 0.3) is 0 Å². The van der Waals surface area contributed by atoms with E-state index in [2.05, 4.69) is 39.9 Å². The third-order valence-corrected chi connectivity index (χ3v) is 5.03. The molecule has 2 N–H and O–H groups in total. The lowest BCUT2D eigenvalue weighted by Crippen LogP contribution is -2.34. The first-order valence-corrected chi connectivity index (χ1v) is 7.83. The van der Waals surface area contributed by atoms with E-state index >= 15 is 0 Å². The van der Waals surface area contributed by atoms with Crippen molar-refractivity contribution in [3.8, 4) is 0 Å². The van der Waals surface area contributed by atoms with Crippen LogP contribution < -0.4 is 5.32 Å². The van der Waals surface area contributed by atoms with Gasteiger partial charge in [-0.2, -0.15) is 0 Å². The number of aliphatic hydroxyl groups excluding tert-OH is 1. The average Bonchev–Trinajstić information content (AvgIpc) is 2.72. The molecule has 0 saturated heterocycles. The number of aliphatic hydroxyl groups is 1. The number of nitrogens with one attached hydrogen (secondary N) is 1. The second kappa shape index (κ2) is 7.05. The molecule has 1 atom stereocenters. The zero-order chi connectivity index (χ0) is 14.5. The molecule has 0 aromatic rings. The summed E-state index contributed by atoms with van der Waals surface area (Å²) in [7, 11) is 0. The Kier molecular flexibility index (Phi) is 6.28. The zero-order valence-electron chi connectivity index (χ0n) is 13.5. The van der Waals surface area contributed by atoms with Gasteiger partial charge in [-0.15, -0.1) is 0 Å². The molecule has 1 aliphatic rings. The molecule has 0 bridgehead atoms. The van der Waals surface area contributed by atoms with E-state index in [0.29, 0.717) is 30.0 Å². The first-order valence-electron chi connectivity index (χ1n) is 7.83. The van der Waals surface area contributed by atoms with Crippen LogP contribution >= 0.6 is 0 Å². The fourth-order valence-corrected chi connectivity index (χ4v) is 2.87. The smallest absolute Gasteiger partial charge is 0.0897 e. The van der Waals surface area contributed by atoms with Crippen molar-refractivity contribution in [1.29, 1.82) is 0 Å². The highest BCUT2D eigenvalue weighted by Crippen LogP contribution is 2.62. The third kappa shape index (κ3) is 4.44. The molecular formula is C16H33NO2. The van der Waals surface area contributed by atoms with Crippen molar-refractivity contribution in [3.63, 3.8) is 0 Å². The summed E-state index contributed by atoms with van der Waals surface area (Å²) in [6.45, 7) is 13.2. The van der Waals surface area contributed by atoms with E-state index in [0.717, 1.165) is 13.0 Å². The Morgan fingerprint density at radius 2 is 1.74 bits per heavy atom. The highest BCUT2D eigenvalue weighted by molar-refractivity contribution is 5.17. The Balaban J connectivity index is 2.02. The summed E-state index contributed by atoms with van der Waals surface area (Å²) < 4.78 is 5.51. The largest absolute Gasteiger partial charge is 0.389 e. The minimum atomic E-state index is -0.390. The van der Waals surface area contributed by atoms with Crippen molar-refractivity contribution >= 4 is 0 Å². The Morgan fingerprint density at radius 1 is 1.11 bits per heavy atom. The van der Waals surface area contributed by atoms with Gasteiger partial charge >= 0.3 is 0 Å². The Morgan fingerprint density at radius 3 is 2.26 bits per heavy atom. The summed E-state index contributed by atoms with van der Waals surface area (Å²) >= 11 is 0. The summed E-state index contributed by atoms with van der Waals surface area (Å²) in [5.74, 6) is 0. The highest BCUT2D eigenvalue weighted by atomic mass is 16.5. The van der Waals surface area contributed by atoms with Gasteiger partial charge in [0.2, 0.25) is 0 Å². The topological polar surface area (TPSA) is 41.5 Å². The Bertz CT molecular complexity index is 249. The van der Waals surface area contributed by atoms with E-state index in [1.54, 1.807) is 0 Å². The molecule has 0 aliphatic heterocycles. The van der Waals surface area contributed by atoms with Crippen LogP contribution in [0.5, 0.6) is 0 Å². The molecule has 1 unspecified atom stereocenters. The maximum atomic E-state index is 9.88. The van der Waals surface area contributed by atoms with E-state index < -0.39 is 6.10 Å². The van der Waals surface area contributed by atoms with Gasteiger partial charge in [0.1, 0.15) is 0 Å². The molecule has 0 amide bonds. The van der Waals surface area contributed by atoms with Crippen molar-refractivity contribution in [2.45, 2.75) is 72.4 Å². The summed E-state index contributed by atoms with van der Waals surface area (Å²) in [5, 5.41) is 13.3. The van der Waals surface area contributed by atoms with Crippen LogP contribution in [0.2, 0.25) is 0 Å². The van der Waals surface area contributed by atoms with Crippen molar-refractivity contribution in [2.24, 2.45) is 10.8 Å². The van der Waals surface area contributed by atoms with E-state index in [4.69, 9.17) is 4.74 Å². The number of ether oxygens (including phenoxy) is 1. The lowest BCUT2D eigenvalue weighted by molar-refractivity contribution is 0.0347. The zero-order valence-corrected chi connectivity index (χ0v) is 13.5. The number of unbranched alkanes of at least 4 members (excludes halogenated alkanes) is 3. The van der Waals surface area contributed by atoms with Crippen LogP contribution in [0.4, 0.5) is 0 Å². The monoisotopic (exact) mass is 271 g/mol. The minimum Gasteiger partial charge on any atom is -0.389 e. The van der Waals surface area contributed by atoms with Crippen LogP contribution in [-0.2, 0) is 4.74 Å². The molecular weight excluding hydrogens is 238 g/mol. The van der Waals surface area contributed by atoms with Gasteiger partial charge in [-0.25, -0.2) is 0 Å². The third-order valence-electron chi connectivity index (χ3n) is 5.03. The lowest BCUT2D eigenvalue weighted by atomic mass is 10.0. The fraction of sp³-hybridized carbons (Fsp3) is 1.00. The Hall–Kier alpha value is -0.120. The molecule has 1 fully saturated rings. The second-order valence-electron chi connectivity index (χ2n) is 7.07. The molecule has 0 aromatic heterocycles. The second-order valence-corrected chi connectivity index (χ2v) is 7.07. The number of hydrogen-bond donors (Lipinski definition) is 2. The molecule has 0 heterocycles. The van der Waals surface area contributed by atoms with Gasteiger partial charge in [-0.05, 0) is 17.3 Å². The first kappa shape index (κ1) is 16.9. The van der Waals surface area contributed by atoms with Crippen LogP contribution in [0.25, 0.3) is 0 Å². The minimum absolute atomic E-state index is 0.327. The van der Waals surface area contributed by atoms with Gasteiger partial charge < -0.3 is 15.2 Å². The van der Waals surface area contributed by atoms with Gasteiger partial charge in [0.05, 0.1) is 12.7 Å². The van der Waals surface area contributed by atoms with Crippen LogP contribution in [0.3, 0.4) is 0 Å². The number of rotatable bonds is 10. The van der Waals surface area contributed by atoms with E-state index in [-0.39, 0.29) is 0 Å². The maximum Gasteiger partial charge on any atom is 0.0897 e. The molecule has 19 heavy (non-hydrogen) atoms. The summed E-state index contributed by atoms with van der Waals surface area (Å²) in [6.07, 6.45) is 4.48. The average molecular weight is 271 g/mol. The van der Waals surface area contributed by atoms with Gasteiger partial charge in [-0.3, -0.25) is 0 Å². The lowest BCUT2D eigenvalue weighted by Gasteiger charge is -2.13. The summed E-state index contributed by atoms with van der Waals surface area (Å²) in [6, 6.07) is 0.499. The molecule has 0 spiro atoms. The van der Waals surface area contributed by atoms with Crippen molar-refractivity contribution in [3.05, 3.63) is 0 Å². The molecule has 1 aliphatic carbocycles. The maximum absolute atomic E-state index is 9.88. The van der Waals surface area contributed by atoms with E-state index in [1.165, 1.54) is 19.3 Å². The van der Waals surface area contributed by atoms with Crippen LogP contribution in [0.1, 0.15) is 60.3 Å². The molecule has 3 nitrogen and oxygen atoms in total. The van der Waals surface area contributed by atoms with E-state index in [9.17, 15) is 5.11 Å². The standard InChI is InChI=1S/C16H33NO2/c1-6-7-8-9-10-19-12-13(18)11-17-14-15(2,3)16(14,4)5/h13-14,17-18H,6-12H2,1-5H3. The predicted octanol–water partition coefficient (Wildman–Crippen LogP) is 2.97. The summed E-state index contributed by atoms with van der Waals surface area (Å²) in [4.78, 5) is 0. The molecule has 0 radical (unpaired) electrons. The van der Waals surface area contributed by atoms with E-state index in [1.807, 2.05) is 0 Å².